The molecular weight excluding hydrogens is 456 g/mol. The number of carbonyl (C=O) groups excluding carboxylic acids is 1. The summed E-state index contributed by atoms with van der Waals surface area (Å²) in [6.07, 6.45) is -0.515. The van der Waals surface area contributed by atoms with E-state index in [2.05, 4.69) is 10.6 Å². The van der Waals surface area contributed by atoms with Crippen molar-refractivity contribution in [1.29, 1.82) is 0 Å². The van der Waals surface area contributed by atoms with Crippen molar-refractivity contribution in [3.63, 3.8) is 0 Å². The van der Waals surface area contributed by atoms with Gasteiger partial charge in [-0.2, -0.15) is 0 Å². The Morgan fingerprint density at radius 2 is 1.64 bits per heavy atom. The Morgan fingerprint density at radius 3 is 2.36 bits per heavy atom. The van der Waals surface area contributed by atoms with Gasteiger partial charge in [-0.15, -0.1) is 0 Å². The van der Waals surface area contributed by atoms with Gasteiger partial charge in [0.05, 0.1) is 0 Å². The van der Waals surface area contributed by atoms with Crippen molar-refractivity contribution in [2.75, 3.05) is 13.2 Å². The summed E-state index contributed by atoms with van der Waals surface area (Å²) in [5.74, 6) is 2.17. The number of benzene rings is 3. The van der Waals surface area contributed by atoms with Crippen molar-refractivity contribution >= 4 is 6.09 Å². The van der Waals surface area contributed by atoms with Gasteiger partial charge in [0.15, 0.2) is 11.5 Å². The maximum atomic E-state index is 11.8. The molecule has 4 rings (SSSR count). The van der Waals surface area contributed by atoms with Gasteiger partial charge in [0.1, 0.15) is 30.7 Å². The molecule has 0 spiro atoms. The first-order valence-electron chi connectivity index (χ1n) is 12.2. The highest BCUT2D eigenvalue weighted by Crippen LogP contribution is 2.35. The van der Waals surface area contributed by atoms with E-state index in [1.807, 2.05) is 93.6 Å². The lowest BCUT2D eigenvalue weighted by Crippen LogP contribution is -2.38. The smallest absolute Gasteiger partial charge is 0.407 e. The molecule has 0 radical (unpaired) electrons. The fourth-order valence-electron chi connectivity index (χ4n) is 3.67. The highest BCUT2D eigenvalue weighted by atomic mass is 16.6. The highest BCUT2D eigenvalue weighted by molar-refractivity contribution is 5.67. The standard InChI is InChI=1S/C29H34N2O5/c1-29(2,3)36-28(32)31-17-22-11-9-21(10-12-22)16-30-18-25-20-34-26-14-13-24(15-27(26)35-25)33-19-23-7-5-4-6-8-23/h4-15,25,30H,16-20H2,1-3H3,(H,31,32)/t25-/m1/s1. The topological polar surface area (TPSA) is 78.1 Å². The predicted octanol–water partition coefficient (Wildman–Crippen LogP) is 5.22. The van der Waals surface area contributed by atoms with Gasteiger partial charge in [-0.1, -0.05) is 54.6 Å². The molecule has 0 aromatic heterocycles. The highest BCUT2D eigenvalue weighted by Gasteiger charge is 2.21. The van der Waals surface area contributed by atoms with Crippen LogP contribution in [0.25, 0.3) is 0 Å². The molecule has 36 heavy (non-hydrogen) atoms. The largest absolute Gasteiger partial charge is 0.489 e. The zero-order valence-electron chi connectivity index (χ0n) is 21.1. The molecule has 7 heteroatoms. The average Bonchev–Trinajstić information content (AvgIpc) is 2.86. The van der Waals surface area contributed by atoms with Crippen LogP contribution >= 0.6 is 0 Å². The number of ether oxygens (including phenoxy) is 4. The van der Waals surface area contributed by atoms with E-state index < -0.39 is 11.7 Å². The van der Waals surface area contributed by atoms with E-state index in [1.54, 1.807) is 0 Å². The molecule has 1 aliphatic heterocycles. The summed E-state index contributed by atoms with van der Waals surface area (Å²) >= 11 is 0. The lowest BCUT2D eigenvalue weighted by molar-refractivity contribution is 0.0523. The van der Waals surface area contributed by atoms with Crippen LogP contribution in [0.1, 0.15) is 37.5 Å². The molecule has 1 aliphatic rings. The molecular formula is C29H34N2O5. The fourth-order valence-corrected chi connectivity index (χ4v) is 3.67. The lowest BCUT2D eigenvalue weighted by atomic mass is 10.1. The number of alkyl carbamates (subject to hydrolysis) is 1. The predicted molar refractivity (Wildman–Crippen MR) is 138 cm³/mol. The van der Waals surface area contributed by atoms with Gasteiger partial charge in [-0.05, 0) is 49.6 Å². The van der Waals surface area contributed by atoms with Crippen molar-refractivity contribution in [3.8, 4) is 17.2 Å². The van der Waals surface area contributed by atoms with Crippen LogP contribution < -0.4 is 24.8 Å². The number of hydrogen-bond donors (Lipinski definition) is 2. The number of amides is 1. The molecule has 1 amide bonds. The molecule has 7 nitrogen and oxygen atoms in total. The summed E-state index contributed by atoms with van der Waals surface area (Å²) < 4.78 is 23.2. The van der Waals surface area contributed by atoms with Crippen LogP contribution in [0.5, 0.6) is 17.2 Å². The Labute approximate surface area is 212 Å². The second-order valence-electron chi connectivity index (χ2n) is 9.74. The lowest BCUT2D eigenvalue weighted by Gasteiger charge is -2.27. The van der Waals surface area contributed by atoms with Crippen molar-refractivity contribution < 1.29 is 23.7 Å². The number of nitrogens with one attached hydrogen (secondary N) is 2. The van der Waals surface area contributed by atoms with E-state index in [0.717, 1.165) is 28.2 Å². The van der Waals surface area contributed by atoms with E-state index in [9.17, 15) is 4.79 Å². The summed E-state index contributed by atoms with van der Waals surface area (Å²) in [6, 6.07) is 23.8. The van der Waals surface area contributed by atoms with Crippen LogP contribution in [-0.2, 0) is 24.4 Å². The molecule has 0 saturated heterocycles. The molecule has 0 aliphatic carbocycles. The van der Waals surface area contributed by atoms with Gasteiger partial charge in [-0.25, -0.2) is 4.79 Å². The first kappa shape index (κ1) is 25.4. The molecule has 190 valence electrons. The minimum absolute atomic E-state index is 0.0980. The molecule has 2 N–H and O–H groups in total. The van der Waals surface area contributed by atoms with Crippen LogP contribution in [0, 0.1) is 0 Å². The number of rotatable bonds is 9. The van der Waals surface area contributed by atoms with Crippen molar-refractivity contribution in [3.05, 3.63) is 89.5 Å². The van der Waals surface area contributed by atoms with Crippen molar-refractivity contribution in [2.45, 2.75) is 52.2 Å². The second kappa shape index (κ2) is 11.8. The number of fused-ring (bicyclic) bond motifs is 1. The third kappa shape index (κ3) is 7.92. The Morgan fingerprint density at radius 1 is 0.917 bits per heavy atom. The SMILES string of the molecule is CC(C)(C)OC(=O)NCc1ccc(CNC[C@@H]2COc3ccc(OCc4ccccc4)cc3O2)cc1. The van der Waals surface area contributed by atoms with E-state index >= 15 is 0 Å². The Kier molecular flexibility index (Phi) is 8.33. The maximum absolute atomic E-state index is 11.8. The molecule has 0 bridgehead atoms. The molecule has 0 unspecified atom stereocenters. The van der Waals surface area contributed by atoms with Gasteiger partial charge in [-0.3, -0.25) is 0 Å². The van der Waals surface area contributed by atoms with Crippen LogP contribution in [0.4, 0.5) is 4.79 Å². The number of hydrogen-bond acceptors (Lipinski definition) is 6. The van der Waals surface area contributed by atoms with E-state index in [0.29, 0.717) is 38.6 Å². The average molecular weight is 491 g/mol. The van der Waals surface area contributed by atoms with Crippen LogP contribution in [0.3, 0.4) is 0 Å². The van der Waals surface area contributed by atoms with Crippen molar-refractivity contribution in [2.24, 2.45) is 0 Å². The minimum atomic E-state index is -0.507. The maximum Gasteiger partial charge on any atom is 0.407 e. The summed E-state index contributed by atoms with van der Waals surface area (Å²) in [7, 11) is 0. The van der Waals surface area contributed by atoms with Gasteiger partial charge in [0.25, 0.3) is 0 Å². The van der Waals surface area contributed by atoms with Gasteiger partial charge < -0.3 is 29.6 Å². The van der Waals surface area contributed by atoms with E-state index in [-0.39, 0.29) is 6.10 Å². The molecule has 3 aromatic rings. The molecule has 0 fully saturated rings. The van der Waals surface area contributed by atoms with E-state index in [1.165, 1.54) is 0 Å². The Bertz CT molecular complexity index is 1130. The summed E-state index contributed by atoms with van der Waals surface area (Å²) in [5.41, 5.74) is 2.76. The monoisotopic (exact) mass is 490 g/mol. The number of carbonyl (C=O) groups is 1. The Balaban J connectivity index is 1.20. The zero-order valence-corrected chi connectivity index (χ0v) is 21.1. The van der Waals surface area contributed by atoms with Crippen molar-refractivity contribution in [1.82, 2.24) is 10.6 Å². The van der Waals surface area contributed by atoms with Gasteiger partial charge in [0.2, 0.25) is 0 Å². The third-order valence-corrected chi connectivity index (χ3v) is 5.44. The molecule has 0 saturated carbocycles. The fraction of sp³-hybridized carbons (Fsp3) is 0.345. The summed E-state index contributed by atoms with van der Waals surface area (Å²) in [4.78, 5) is 11.8. The third-order valence-electron chi connectivity index (χ3n) is 5.44. The normalized spacial score (nSPS) is 14.7. The van der Waals surface area contributed by atoms with Crippen LogP contribution in [-0.4, -0.2) is 30.9 Å². The van der Waals surface area contributed by atoms with Crippen LogP contribution in [0.15, 0.2) is 72.8 Å². The quantitative estimate of drug-likeness (QED) is 0.428. The summed E-state index contributed by atoms with van der Waals surface area (Å²) in [5, 5.41) is 6.21. The summed E-state index contributed by atoms with van der Waals surface area (Å²) in [6.45, 7) is 8.29. The molecule has 1 heterocycles. The van der Waals surface area contributed by atoms with Gasteiger partial charge in [0, 0.05) is 25.7 Å². The van der Waals surface area contributed by atoms with Crippen LogP contribution in [0.2, 0.25) is 0 Å². The van der Waals surface area contributed by atoms with Gasteiger partial charge >= 0.3 is 6.09 Å². The van der Waals surface area contributed by atoms with E-state index in [4.69, 9.17) is 18.9 Å². The second-order valence-corrected chi connectivity index (χ2v) is 9.74. The molecule has 3 aromatic carbocycles. The molecule has 1 atom stereocenters. The minimum Gasteiger partial charge on any atom is -0.489 e. The Hall–Kier alpha value is -3.71. The first-order valence-corrected chi connectivity index (χ1v) is 12.2. The zero-order chi connectivity index (χ0) is 25.4. The first-order chi connectivity index (χ1) is 17.3.